The van der Waals surface area contributed by atoms with Gasteiger partial charge in [-0.05, 0) is 12.1 Å². The number of nitrogen functional groups attached to an aromatic ring is 1. The number of methoxy groups -OCH3 is 1. The molecule has 0 aliphatic heterocycles. The highest BCUT2D eigenvalue weighted by Crippen LogP contribution is 2.28. The first kappa shape index (κ1) is 17.6. The van der Waals surface area contributed by atoms with Crippen molar-refractivity contribution in [2.24, 2.45) is 0 Å². The molecule has 1 rings (SSSR count). The van der Waals surface area contributed by atoms with Crippen LogP contribution in [0.15, 0.2) is 17.0 Å². The van der Waals surface area contributed by atoms with E-state index in [1.165, 1.54) is 7.11 Å². The number of nitrogens with one attached hydrogen (secondary N) is 1. The normalized spacial score (nSPS) is 12.4. The quantitative estimate of drug-likeness (QED) is 0.381. The molecule has 0 heterocycles. The Morgan fingerprint density at radius 3 is 2.19 bits per heavy atom. The fourth-order valence-electron chi connectivity index (χ4n) is 1.55. The first-order chi connectivity index (χ1) is 9.75. The van der Waals surface area contributed by atoms with Gasteiger partial charge in [-0.15, -0.1) is 0 Å². The molecule has 0 radical (unpaired) electrons. The average Bonchev–Trinajstić information content (AvgIpc) is 2.44. The van der Waals surface area contributed by atoms with Gasteiger partial charge in [0.05, 0.1) is 37.5 Å². The Balaban J connectivity index is 3.26. The summed E-state index contributed by atoms with van der Waals surface area (Å²) in [5.41, 5.74) is 3.38. The topological polar surface area (TPSA) is 142 Å². The van der Waals surface area contributed by atoms with E-state index in [1.807, 2.05) is 4.72 Å². The molecule has 1 aromatic rings. The van der Waals surface area contributed by atoms with Crippen molar-refractivity contribution in [2.45, 2.75) is 10.4 Å². The Labute approximate surface area is 121 Å². The molecule has 6 N–H and O–H groups in total. The summed E-state index contributed by atoms with van der Waals surface area (Å²) < 4.78 is 44.5. The van der Waals surface area contributed by atoms with Gasteiger partial charge in [-0.1, -0.05) is 0 Å². The minimum Gasteiger partial charge on any atom is -0.492 e. The molecular formula is C11H17FN2O6S. The van der Waals surface area contributed by atoms with Crippen molar-refractivity contribution >= 4 is 15.7 Å². The zero-order valence-electron chi connectivity index (χ0n) is 11.2. The molecule has 8 nitrogen and oxygen atoms in total. The maximum Gasteiger partial charge on any atom is 0.241 e. The molecule has 21 heavy (non-hydrogen) atoms. The first-order valence-electron chi connectivity index (χ1n) is 5.75. The Kier molecular flexibility index (Phi) is 5.48. The molecule has 1 aromatic carbocycles. The molecule has 0 spiro atoms. The van der Waals surface area contributed by atoms with Crippen molar-refractivity contribution in [2.75, 3.05) is 32.7 Å². The number of halogens is 1. The Bertz CT molecular complexity index is 571. The van der Waals surface area contributed by atoms with Gasteiger partial charge in [0.2, 0.25) is 10.0 Å². The third-order valence-electron chi connectivity index (χ3n) is 2.82. The predicted molar refractivity (Wildman–Crippen MR) is 71.7 cm³/mol. The minimum absolute atomic E-state index is 0.236. The summed E-state index contributed by atoms with van der Waals surface area (Å²) in [5.74, 6) is -1.29. The fourth-order valence-corrected chi connectivity index (χ4v) is 2.97. The lowest BCUT2D eigenvalue weighted by Crippen LogP contribution is -2.56. The molecule has 10 heteroatoms. The van der Waals surface area contributed by atoms with Gasteiger partial charge in [-0.2, -0.15) is 4.72 Å². The molecule has 120 valence electrons. The van der Waals surface area contributed by atoms with Gasteiger partial charge in [0.25, 0.3) is 0 Å². The zero-order chi connectivity index (χ0) is 16.3. The van der Waals surface area contributed by atoms with Gasteiger partial charge in [0.15, 0.2) is 11.6 Å². The van der Waals surface area contributed by atoms with Crippen molar-refractivity contribution in [3.8, 4) is 5.75 Å². The van der Waals surface area contributed by atoms with E-state index in [-0.39, 0.29) is 11.4 Å². The SMILES string of the molecule is COc1c(N)cc(S(=O)(=O)NC(CO)(CO)CO)cc1F. The molecular weight excluding hydrogens is 307 g/mol. The lowest BCUT2D eigenvalue weighted by atomic mass is 10.1. The summed E-state index contributed by atoms with van der Waals surface area (Å²) >= 11 is 0. The Hall–Kier alpha value is -1.46. The summed E-state index contributed by atoms with van der Waals surface area (Å²) in [4.78, 5) is -0.530. The van der Waals surface area contributed by atoms with E-state index in [0.29, 0.717) is 6.07 Å². The van der Waals surface area contributed by atoms with Gasteiger partial charge in [0, 0.05) is 0 Å². The predicted octanol–water partition coefficient (Wildman–Crippen LogP) is -1.59. The van der Waals surface area contributed by atoms with Crippen molar-refractivity contribution in [1.29, 1.82) is 0 Å². The van der Waals surface area contributed by atoms with E-state index < -0.39 is 46.1 Å². The standard InChI is InChI=1S/C11H17FN2O6S/c1-20-10-8(12)2-7(3-9(10)13)21(18,19)14-11(4-15,5-16)6-17/h2-3,14-17H,4-6,13H2,1H3. The van der Waals surface area contributed by atoms with Gasteiger partial charge in [0.1, 0.15) is 5.54 Å². The molecule has 0 amide bonds. The zero-order valence-corrected chi connectivity index (χ0v) is 12.0. The van der Waals surface area contributed by atoms with Crippen LogP contribution in [0, 0.1) is 5.82 Å². The molecule has 0 fully saturated rings. The van der Waals surface area contributed by atoms with Crippen molar-refractivity contribution in [3.05, 3.63) is 17.9 Å². The largest absolute Gasteiger partial charge is 0.492 e. The van der Waals surface area contributed by atoms with Gasteiger partial charge in [-0.25, -0.2) is 12.8 Å². The second-order valence-electron chi connectivity index (χ2n) is 4.39. The number of sulfonamides is 1. The maximum atomic E-state index is 13.7. The summed E-state index contributed by atoms with van der Waals surface area (Å²) in [5, 5.41) is 27.3. The van der Waals surface area contributed by atoms with E-state index in [9.17, 15) is 12.8 Å². The number of hydrogen-bond acceptors (Lipinski definition) is 7. The summed E-state index contributed by atoms with van der Waals surface area (Å²) in [6.45, 7) is -2.56. The summed E-state index contributed by atoms with van der Waals surface area (Å²) in [6, 6.07) is 1.63. The van der Waals surface area contributed by atoms with Crippen LogP contribution in [0.3, 0.4) is 0 Å². The third-order valence-corrected chi connectivity index (χ3v) is 4.38. The van der Waals surface area contributed by atoms with E-state index >= 15 is 0 Å². The van der Waals surface area contributed by atoms with Gasteiger partial charge >= 0.3 is 0 Å². The highest BCUT2D eigenvalue weighted by Gasteiger charge is 2.34. The van der Waals surface area contributed by atoms with Crippen LogP contribution in [0.4, 0.5) is 10.1 Å². The molecule has 0 aliphatic rings. The number of aliphatic hydroxyl groups excluding tert-OH is 3. The van der Waals surface area contributed by atoms with Crippen LogP contribution in [0.5, 0.6) is 5.75 Å². The van der Waals surface area contributed by atoms with Crippen LogP contribution in [0.2, 0.25) is 0 Å². The van der Waals surface area contributed by atoms with E-state index in [1.54, 1.807) is 0 Å². The van der Waals surface area contributed by atoms with E-state index in [0.717, 1.165) is 6.07 Å². The van der Waals surface area contributed by atoms with Crippen LogP contribution in [0.25, 0.3) is 0 Å². The summed E-state index contributed by atoms with van der Waals surface area (Å²) in [6.07, 6.45) is 0. The molecule has 0 aromatic heterocycles. The van der Waals surface area contributed by atoms with Crippen molar-refractivity contribution in [1.82, 2.24) is 4.72 Å². The third kappa shape index (κ3) is 3.60. The van der Waals surface area contributed by atoms with E-state index in [4.69, 9.17) is 21.1 Å². The maximum absolute atomic E-state index is 13.7. The lowest BCUT2D eigenvalue weighted by molar-refractivity contribution is 0.0582. The van der Waals surface area contributed by atoms with Crippen LogP contribution < -0.4 is 15.2 Å². The first-order valence-corrected chi connectivity index (χ1v) is 7.23. The highest BCUT2D eigenvalue weighted by atomic mass is 32.2. The second-order valence-corrected chi connectivity index (χ2v) is 6.07. The molecule has 0 aliphatic carbocycles. The average molecular weight is 324 g/mol. The smallest absolute Gasteiger partial charge is 0.241 e. The number of aliphatic hydroxyl groups is 3. The van der Waals surface area contributed by atoms with Crippen LogP contribution in [0.1, 0.15) is 0 Å². The van der Waals surface area contributed by atoms with Crippen molar-refractivity contribution in [3.63, 3.8) is 0 Å². The molecule has 0 saturated carbocycles. The van der Waals surface area contributed by atoms with Gasteiger partial charge < -0.3 is 25.8 Å². The molecule has 0 unspecified atom stereocenters. The van der Waals surface area contributed by atoms with Crippen LogP contribution in [-0.2, 0) is 10.0 Å². The van der Waals surface area contributed by atoms with Crippen molar-refractivity contribution < 1.29 is 32.9 Å². The number of ether oxygens (including phenoxy) is 1. The fraction of sp³-hybridized carbons (Fsp3) is 0.455. The van der Waals surface area contributed by atoms with E-state index in [2.05, 4.69) is 4.74 Å². The molecule has 0 bridgehead atoms. The number of hydrogen-bond donors (Lipinski definition) is 5. The van der Waals surface area contributed by atoms with Crippen LogP contribution >= 0.6 is 0 Å². The molecule has 0 saturated heterocycles. The Morgan fingerprint density at radius 2 is 1.81 bits per heavy atom. The Morgan fingerprint density at radius 1 is 1.29 bits per heavy atom. The summed E-state index contributed by atoms with van der Waals surface area (Å²) in [7, 11) is -3.15. The number of anilines is 1. The second kappa shape index (κ2) is 6.54. The number of rotatable bonds is 7. The number of benzene rings is 1. The monoisotopic (exact) mass is 324 g/mol. The number of nitrogens with two attached hydrogens (primary N) is 1. The van der Waals surface area contributed by atoms with Gasteiger partial charge in [-0.3, -0.25) is 0 Å². The minimum atomic E-state index is -4.33. The lowest BCUT2D eigenvalue weighted by Gasteiger charge is -2.28. The van der Waals surface area contributed by atoms with Crippen LogP contribution in [-0.4, -0.2) is 56.2 Å². The highest BCUT2D eigenvalue weighted by molar-refractivity contribution is 7.89. The molecule has 0 atom stereocenters.